The SMILES string of the molecule is Cc1cc2c(s1)CCC(CN)C2=O. The van der Waals surface area contributed by atoms with Gasteiger partial charge >= 0.3 is 0 Å². The molecule has 1 aliphatic carbocycles. The van der Waals surface area contributed by atoms with E-state index in [1.54, 1.807) is 11.3 Å². The number of ketones is 1. The van der Waals surface area contributed by atoms with Crippen LogP contribution in [0.3, 0.4) is 0 Å². The van der Waals surface area contributed by atoms with Gasteiger partial charge in [-0.1, -0.05) is 0 Å². The first-order chi connectivity index (χ1) is 6.22. The number of carbonyl (C=O) groups is 1. The molecule has 0 radical (unpaired) electrons. The maximum absolute atomic E-state index is 11.8. The fourth-order valence-electron chi connectivity index (χ4n) is 1.84. The van der Waals surface area contributed by atoms with Crippen molar-refractivity contribution in [3.63, 3.8) is 0 Å². The Morgan fingerprint density at radius 1 is 1.69 bits per heavy atom. The second kappa shape index (κ2) is 3.24. The molecule has 2 rings (SSSR count). The fraction of sp³-hybridized carbons (Fsp3) is 0.500. The monoisotopic (exact) mass is 195 g/mol. The van der Waals surface area contributed by atoms with E-state index in [-0.39, 0.29) is 11.7 Å². The third-order valence-corrected chi connectivity index (χ3v) is 3.68. The maximum atomic E-state index is 11.8. The minimum Gasteiger partial charge on any atom is -0.330 e. The molecule has 0 aliphatic heterocycles. The highest BCUT2D eigenvalue weighted by atomic mass is 32.1. The first-order valence-electron chi connectivity index (χ1n) is 4.56. The van der Waals surface area contributed by atoms with E-state index in [9.17, 15) is 4.79 Å². The Labute approximate surface area is 81.8 Å². The molecule has 0 saturated carbocycles. The summed E-state index contributed by atoms with van der Waals surface area (Å²) in [4.78, 5) is 14.3. The van der Waals surface area contributed by atoms with Gasteiger partial charge in [-0.15, -0.1) is 11.3 Å². The van der Waals surface area contributed by atoms with E-state index in [1.807, 2.05) is 13.0 Å². The molecular weight excluding hydrogens is 182 g/mol. The van der Waals surface area contributed by atoms with Crippen molar-refractivity contribution in [1.29, 1.82) is 0 Å². The quantitative estimate of drug-likeness (QED) is 0.742. The zero-order valence-corrected chi connectivity index (χ0v) is 8.49. The number of Topliss-reactive ketones (excluding diaryl/α,β-unsaturated/α-hetero) is 1. The summed E-state index contributed by atoms with van der Waals surface area (Å²) in [6.07, 6.45) is 1.96. The van der Waals surface area contributed by atoms with E-state index in [4.69, 9.17) is 5.73 Å². The summed E-state index contributed by atoms with van der Waals surface area (Å²) in [5.74, 6) is 0.328. The summed E-state index contributed by atoms with van der Waals surface area (Å²) in [5.41, 5.74) is 6.47. The largest absolute Gasteiger partial charge is 0.330 e. The number of hydrogen-bond acceptors (Lipinski definition) is 3. The van der Waals surface area contributed by atoms with Gasteiger partial charge in [-0.3, -0.25) is 4.79 Å². The van der Waals surface area contributed by atoms with Crippen LogP contribution in [0.15, 0.2) is 6.07 Å². The highest BCUT2D eigenvalue weighted by Gasteiger charge is 2.27. The Morgan fingerprint density at radius 3 is 3.15 bits per heavy atom. The summed E-state index contributed by atoms with van der Waals surface area (Å²) in [6.45, 7) is 2.54. The van der Waals surface area contributed by atoms with Crippen LogP contribution in [-0.2, 0) is 6.42 Å². The smallest absolute Gasteiger partial charge is 0.168 e. The lowest BCUT2D eigenvalue weighted by atomic mass is 9.87. The van der Waals surface area contributed by atoms with Crippen molar-refractivity contribution in [2.24, 2.45) is 11.7 Å². The van der Waals surface area contributed by atoms with Crippen LogP contribution in [0.1, 0.15) is 26.5 Å². The molecule has 0 aromatic carbocycles. The van der Waals surface area contributed by atoms with Gasteiger partial charge in [0.1, 0.15) is 0 Å². The number of aryl methyl sites for hydroxylation is 2. The standard InChI is InChI=1S/C10H13NOS/c1-6-4-8-9(13-6)3-2-7(5-11)10(8)12/h4,7H,2-3,5,11H2,1H3. The molecule has 0 spiro atoms. The van der Waals surface area contributed by atoms with Gasteiger partial charge in [0.05, 0.1) is 0 Å². The van der Waals surface area contributed by atoms with Crippen molar-refractivity contribution in [3.8, 4) is 0 Å². The van der Waals surface area contributed by atoms with Crippen LogP contribution in [0.5, 0.6) is 0 Å². The number of thiophene rings is 1. The van der Waals surface area contributed by atoms with E-state index in [0.717, 1.165) is 18.4 Å². The van der Waals surface area contributed by atoms with Crippen LogP contribution in [0.25, 0.3) is 0 Å². The second-order valence-electron chi connectivity index (χ2n) is 3.53. The summed E-state index contributed by atoms with van der Waals surface area (Å²) in [5, 5.41) is 0. The molecule has 0 amide bonds. The molecule has 0 bridgehead atoms. The summed E-state index contributed by atoms with van der Waals surface area (Å²) < 4.78 is 0. The minimum absolute atomic E-state index is 0.0708. The number of hydrogen-bond donors (Lipinski definition) is 1. The summed E-state index contributed by atoms with van der Waals surface area (Å²) >= 11 is 1.74. The van der Waals surface area contributed by atoms with Crippen LogP contribution in [-0.4, -0.2) is 12.3 Å². The molecule has 70 valence electrons. The predicted molar refractivity (Wildman–Crippen MR) is 54.3 cm³/mol. The number of nitrogens with two attached hydrogens (primary N) is 1. The Bertz CT molecular complexity index is 343. The Morgan fingerprint density at radius 2 is 2.46 bits per heavy atom. The average Bonchev–Trinajstić information content (AvgIpc) is 2.47. The number of carbonyl (C=O) groups excluding carboxylic acids is 1. The van der Waals surface area contributed by atoms with E-state index in [0.29, 0.717) is 6.54 Å². The van der Waals surface area contributed by atoms with Gasteiger partial charge in [0, 0.05) is 27.8 Å². The maximum Gasteiger partial charge on any atom is 0.168 e. The van der Waals surface area contributed by atoms with Crippen molar-refractivity contribution in [2.45, 2.75) is 19.8 Å². The molecule has 1 atom stereocenters. The average molecular weight is 195 g/mol. The fourth-order valence-corrected chi connectivity index (χ4v) is 2.89. The van der Waals surface area contributed by atoms with E-state index < -0.39 is 0 Å². The van der Waals surface area contributed by atoms with Gasteiger partial charge in [-0.2, -0.15) is 0 Å². The van der Waals surface area contributed by atoms with E-state index in [1.165, 1.54) is 9.75 Å². The molecule has 1 heterocycles. The van der Waals surface area contributed by atoms with Gasteiger partial charge in [0.25, 0.3) is 0 Å². The van der Waals surface area contributed by atoms with Crippen molar-refractivity contribution in [2.75, 3.05) is 6.54 Å². The third kappa shape index (κ3) is 1.42. The zero-order chi connectivity index (χ0) is 9.42. The lowest BCUT2D eigenvalue weighted by molar-refractivity contribution is 0.0908. The van der Waals surface area contributed by atoms with Gasteiger partial charge in [-0.25, -0.2) is 0 Å². The predicted octanol–water partition coefficient (Wildman–Crippen LogP) is 1.76. The van der Waals surface area contributed by atoms with Gasteiger partial charge in [0.2, 0.25) is 0 Å². The van der Waals surface area contributed by atoms with Crippen molar-refractivity contribution in [3.05, 3.63) is 21.4 Å². The first-order valence-corrected chi connectivity index (χ1v) is 5.37. The van der Waals surface area contributed by atoms with Crippen LogP contribution >= 0.6 is 11.3 Å². The lowest BCUT2D eigenvalue weighted by Gasteiger charge is -2.18. The molecule has 2 N–H and O–H groups in total. The molecule has 13 heavy (non-hydrogen) atoms. The van der Waals surface area contributed by atoms with Gasteiger partial charge < -0.3 is 5.73 Å². The van der Waals surface area contributed by atoms with Crippen LogP contribution in [0.4, 0.5) is 0 Å². The van der Waals surface area contributed by atoms with Crippen LogP contribution in [0, 0.1) is 12.8 Å². The Balaban J connectivity index is 2.38. The second-order valence-corrected chi connectivity index (χ2v) is 4.87. The molecule has 1 aromatic rings. The first kappa shape index (κ1) is 8.91. The lowest BCUT2D eigenvalue weighted by Crippen LogP contribution is -2.27. The molecule has 0 fully saturated rings. The minimum atomic E-state index is 0.0708. The molecule has 2 nitrogen and oxygen atoms in total. The molecule has 0 saturated heterocycles. The zero-order valence-electron chi connectivity index (χ0n) is 7.67. The van der Waals surface area contributed by atoms with Gasteiger partial charge in [-0.05, 0) is 25.8 Å². The highest BCUT2D eigenvalue weighted by Crippen LogP contribution is 2.31. The van der Waals surface area contributed by atoms with Gasteiger partial charge in [0.15, 0.2) is 5.78 Å². The molecule has 1 aliphatic rings. The Kier molecular flexibility index (Phi) is 2.22. The van der Waals surface area contributed by atoms with Crippen molar-refractivity contribution < 1.29 is 4.79 Å². The molecular formula is C10H13NOS. The number of fused-ring (bicyclic) bond motifs is 1. The topological polar surface area (TPSA) is 43.1 Å². The summed E-state index contributed by atoms with van der Waals surface area (Å²) in [7, 11) is 0. The van der Waals surface area contributed by atoms with Crippen LogP contribution < -0.4 is 5.73 Å². The number of rotatable bonds is 1. The molecule has 1 unspecified atom stereocenters. The highest BCUT2D eigenvalue weighted by molar-refractivity contribution is 7.12. The van der Waals surface area contributed by atoms with E-state index >= 15 is 0 Å². The third-order valence-electron chi connectivity index (χ3n) is 2.57. The molecule has 3 heteroatoms. The summed E-state index contributed by atoms with van der Waals surface area (Å²) in [6, 6.07) is 2.00. The van der Waals surface area contributed by atoms with Crippen molar-refractivity contribution in [1.82, 2.24) is 0 Å². The Hall–Kier alpha value is -0.670. The molecule has 1 aromatic heterocycles. The van der Waals surface area contributed by atoms with E-state index in [2.05, 4.69) is 0 Å². The van der Waals surface area contributed by atoms with Crippen LogP contribution in [0.2, 0.25) is 0 Å². The normalized spacial score (nSPS) is 21.7. The van der Waals surface area contributed by atoms with Crippen molar-refractivity contribution >= 4 is 17.1 Å².